The van der Waals surface area contributed by atoms with Gasteiger partial charge in [-0.05, 0) is 77.3 Å². The first-order chi connectivity index (χ1) is 14.3. The van der Waals surface area contributed by atoms with Crippen LogP contribution in [0.2, 0.25) is 0 Å². The largest absolute Gasteiger partial charge is 0.493 e. The lowest BCUT2D eigenvalue weighted by Gasteiger charge is -2.19. The van der Waals surface area contributed by atoms with E-state index in [4.69, 9.17) is 4.74 Å². The van der Waals surface area contributed by atoms with Gasteiger partial charge in [-0.15, -0.1) is 5.10 Å². The molecule has 2 unspecified atom stereocenters. The molecule has 5 rings (SSSR count). The van der Waals surface area contributed by atoms with E-state index in [9.17, 15) is 0 Å². The Bertz CT molecular complexity index is 913. The first-order valence-electron chi connectivity index (χ1n) is 10.3. The second kappa shape index (κ2) is 7.77. The standard InChI is InChI=1S/C21H25N7O/c1-2-15-9-22-21(23-10-15)27-11-17-7-16(8-18(17)12-27)13-29-20-5-3-19(4-6-20)28-14-24-25-26-28/h3-6,9-10,14,16-18H,2,7-8,11-13H2,1H3. The summed E-state index contributed by atoms with van der Waals surface area (Å²) in [6.07, 6.45) is 8.91. The van der Waals surface area contributed by atoms with E-state index in [1.165, 1.54) is 18.4 Å². The van der Waals surface area contributed by atoms with Crippen LogP contribution in [0.15, 0.2) is 43.0 Å². The van der Waals surface area contributed by atoms with Crippen LogP contribution in [0.25, 0.3) is 5.69 Å². The van der Waals surface area contributed by atoms with Crippen molar-refractivity contribution in [1.29, 1.82) is 0 Å². The van der Waals surface area contributed by atoms with Gasteiger partial charge in [-0.1, -0.05) is 6.92 Å². The molecule has 1 saturated carbocycles. The number of benzene rings is 1. The van der Waals surface area contributed by atoms with Gasteiger partial charge in [0.05, 0.1) is 12.3 Å². The molecule has 29 heavy (non-hydrogen) atoms. The van der Waals surface area contributed by atoms with E-state index < -0.39 is 0 Å². The number of aromatic nitrogens is 6. The average molecular weight is 391 g/mol. The fourth-order valence-corrected chi connectivity index (χ4v) is 4.61. The molecular weight excluding hydrogens is 366 g/mol. The Kier molecular flexibility index (Phi) is 4.83. The average Bonchev–Trinajstić information content (AvgIpc) is 3.49. The molecule has 1 aliphatic carbocycles. The zero-order valence-electron chi connectivity index (χ0n) is 16.6. The molecule has 8 heteroatoms. The van der Waals surface area contributed by atoms with Crippen LogP contribution in [-0.2, 0) is 6.42 Å². The molecule has 2 aliphatic rings. The van der Waals surface area contributed by atoms with Crippen molar-refractivity contribution in [3.63, 3.8) is 0 Å². The number of rotatable bonds is 6. The summed E-state index contributed by atoms with van der Waals surface area (Å²) < 4.78 is 7.70. The second-order valence-electron chi connectivity index (χ2n) is 8.07. The van der Waals surface area contributed by atoms with Crippen molar-refractivity contribution < 1.29 is 4.74 Å². The maximum Gasteiger partial charge on any atom is 0.225 e. The number of hydrogen-bond acceptors (Lipinski definition) is 7. The van der Waals surface area contributed by atoms with Gasteiger partial charge in [0.25, 0.3) is 0 Å². The van der Waals surface area contributed by atoms with Gasteiger partial charge in [-0.2, -0.15) is 0 Å². The lowest BCUT2D eigenvalue weighted by atomic mass is 10.0. The summed E-state index contributed by atoms with van der Waals surface area (Å²) in [4.78, 5) is 11.5. The summed E-state index contributed by atoms with van der Waals surface area (Å²) in [7, 11) is 0. The van der Waals surface area contributed by atoms with Crippen molar-refractivity contribution >= 4 is 5.95 Å². The number of hydrogen-bond donors (Lipinski definition) is 0. The molecule has 3 heterocycles. The van der Waals surface area contributed by atoms with Gasteiger partial charge < -0.3 is 9.64 Å². The van der Waals surface area contributed by atoms with Gasteiger partial charge in [0.2, 0.25) is 5.95 Å². The van der Waals surface area contributed by atoms with Crippen molar-refractivity contribution in [2.45, 2.75) is 26.2 Å². The highest BCUT2D eigenvalue weighted by atomic mass is 16.5. The molecular formula is C21H25N7O. The molecule has 0 amide bonds. The van der Waals surface area contributed by atoms with Crippen LogP contribution >= 0.6 is 0 Å². The minimum atomic E-state index is 0.620. The quantitative estimate of drug-likeness (QED) is 0.639. The van der Waals surface area contributed by atoms with Gasteiger partial charge in [0.1, 0.15) is 12.1 Å². The second-order valence-corrected chi connectivity index (χ2v) is 8.07. The Morgan fingerprint density at radius 2 is 1.76 bits per heavy atom. The Morgan fingerprint density at radius 3 is 2.38 bits per heavy atom. The predicted octanol–water partition coefficient (Wildman–Crippen LogP) is 2.56. The van der Waals surface area contributed by atoms with Gasteiger partial charge in [0, 0.05) is 25.5 Å². The number of anilines is 1. The molecule has 0 N–H and O–H groups in total. The first kappa shape index (κ1) is 18.0. The number of fused-ring (bicyclic) bond motifs is 1. The lowest BCUT2D eigenvalue weighted by Crippen LogP contribution is -2.24. The molecule has 2 fully saturated rings. The summed E-state index contributed by atoms with van der Waals surface area (Å²) in [6.45, 7) is 5.03. The topological polar surface area (TPSA) is 81.9 Å². The fourth-order valence-electron chi connectivity index (χ4n) is 4.61. The van der Waals surface area contributed by atoms with E-state index in [1.54, 1.807) is 11.0 Å². The third-order valence-electron chi connectivity index (χ3n) is 6.17. The van der Waals surface area contributed by atoms with Crippen molar-refractivity contribution in [2.75, 3.05) is 24.6 Å². The Balaban J connectivity index is 1.12. The molecule has 3 aromatic rings. The van der Waals surface area contributed by atoms with Crippen LogP contribution in [0.4, 0.5) is 5.95 Å². The predicted molar refractivity (Wildman–Crippen MR) is 108 cm³/mol. The van der Waals surface area contributed by atoms with Crippen molar-refractivity contribution in [3.8, 4) is 11.4 Å². The van der Waals surface area contributed by atoms with E-state index in [1.807, 2.05) is 36.7 Å². The number of tetrazole rings is 1. The Labute approximate surface area is 169 Å². The van der Waals surface area contributed by atoms with Crippen molar-refractivity contribution in [1.82, 2.24) is 30.2 Å². The lowest BCUT2D eigenvalue weighted by molar-refractivity contribution is 0.245. The molecule has 2 aromatic heterocycles. The number of aryl methyl sites for hydroxylation is 1. The number of nitrogens with zero attached hydrogens (tertiary/aromatic N) is 7. The molecule has 8 nitrogen and oxygen atoms in total. The third-order valence-corrected chi connectivity index (χ3v) is 6.17. The molecule has 0 bridgehead atoms. The Morgan fingerprint density at radius 1 is 1.03 bits per heavy atom. The van der Waals surface area contributed by atoms with E-state index in [-0.39, 0.29) is 0 Å². The SMILES string of the molecule is CCc1cnc(N2CC3CC(COc4ccc(-n5cnnn5)cc4)CC3C2)nc1. The molecule has 2 atom stereocenters. The van der Waals surface area contributed by atoms with E-state index in [0.717, 1.165) is 55.3 Å². The van der Waals surface area contributed by atoms with E-state index >= 15 is 0 Å². The van der Waals surface area contributed by atoms with Crippen molar-refractivity contribution in [2.24, 2.45) is 17.8 Å². The van der Waals surface area contributed by atoms with Gasteiger partial charge in [0.15, 0.2) is 0 Å². The zero-order chi connectivity index (χ0) is 19.6. The smallest absolute Gasteiger partial charge is 0.225 e. The summed E-state index contributed by atoms with van der Waals surface area (Å²) >= 11 is 0. The third kappa shape index (κ3) is 3.79. The maximum atomic E-state index is 6.07. The summed E-state index contributed by atoms with van der Waals surface area (Å²) in [5, 5.41) is 11.2. The highest BCUT2D eigenvalue weighted by Gasteiger charge is 2.41. The zero-order valence-corrected chi connectivity index (χ0v) is 16.6. The molecule has 0 spiro atoms. The minimum absolute atomic E-state index is 0.620. The molecule has 1 aromatic carbocycles. The summed E-state index contributed by atoms with van der Waals surface area (Å²) in [6, 6.07) is 7.89. The van der Waals surface area contributed by atoms with Crippen LogP contribution < -0.4 is 9.64 Å². The van der Waals surface area contributed by atoms with E-state index in [2.05, 4.69) is 37.3 Å². The monoisotopic (exact) mass is 391 g/mol. The summed E-state index contributed by atoms with van der Waals surface area (Å²) in [5.74, 6) is 3.84. The molecule has 1 aliphatic heterocycles. The van der Waals surface area contributed by atoms with Gasteiger partial charge in [-0.3, -0.25) is 0 Å². The van der Waals surface area contributed by atoms with Crippen molar-refractivity contribution in [3.05, 3.63) is 48.5 Å². The maximum absolute atomic E-state index is 6.07. The highest BCUT2D eigenvalue weighted by Crippen LogP contribution is 2.42. The first-order valence-corrected chi connectivity index (χ1v) is 10.3. The van der Waals surface area contributed by atoms with Crippen LogP contribution in [0, 0.1) is 17.8 Å². The fraction of sp³-hybridized carbons (Fsp3) is 0.476. The summed E-state index contributed by atoms with van der Waals surface area (Å²) in [5.41, 5.74) is 2.11. The van der Waals surface area contributed by atoms with Crippen LogP contribution in [-0.4, -0.2) is 49.9 Å². The molecule has 0 radical (unpaired) electrons. The molecule has 150 valence electrons. The number of ether oxygens (including phenoxy) is 1. The van der Waals surface area contributed by atoms with Crippen LogP contribution in [0.5, 0.6) is 5.75 Å². The molecule has 1 saturated heterocycles. The van der Waals surface area contributed by atoms with Crippen LogP contribution in [0.3, 0.4) is 0 Å². The normalized spacial score (nSPS) is 23.3. The van der Waals surface area contributed by atoms with Gasteiger partial charge in [-0.25, -0.2) is 14.6 Å². The Hall–Kier alpha value is -3.03. The van der Waals surface area contributed by atoms with E-state index in [0.29, 0.717) is 5.92 Å². The minimum Gasteiger partial charge on any atom is -0.493 e. The van der Waals surface area contributed by atoms with Crippen LogP contribution in [0.1, 0.15) is 25.3 Å². The van der Waals surface area contributed by atoms with Gasteiger partial charge >= 0.3 is 0 Å². The highest BCUT2D eigenvalue weighted by molar-refractivity contribution is 5.36.